The van der Waals surface area contributed by atoms with Crippen molar-refractivity contribution >= 4 is 5.97 Å². The molecular formula is C16H23NO3. The smallest absolute Gasteiger partial charge is 0.314 e. The van der Waals surface area contributed by atoms with Crippen LogP contribution < -0.4 is 10.1 Å². The highest BCUT2D eigenvalue weighted by molar-refractivity contribution is 5.75. The van der Waals surface area contributed by atoms with E-state index >= 15 is 0 Å². The number of rotatable bonds is 7. The summed E-state index contributed by atoms with van der Waals surface area (Å²) in [6.45, 7) is 4.83. The van der Waals surface area contributed by atoms with Crippen LogP contribution >= 0.6 is 0 Å². The van der Waals surface area contributed by atoms with Crippen LogP contribution in [0.5, 0.6) is 5.75 Å². The van der Waals surface area contributed by atoms with Gasteiger partial charge in [0.25, 0.3) is 0 Å². The maximum atomic E-state index is 11.6. The van der Waals surface area contributed by atoms with Crippen LogP contribution in [0.3, 0.4) is 0 Å². The Morgan fingerprint density at radius 2 is 1.95 bits per heavy atom. The second-order valence-electron chi connectivity index (χ2n) is 5.96. The predicted molar refractivity (Wildman–Crippen MR) is 77.6 cm³/mol. The van der Waals surface area contributed by atoms with Crippen molar-refractivity contribution in [3.8, 4) is 5.75 Å². The molecule has 0 amide bonds. The molecule has 0 saturated heterocycles. The van der Waals surface area contributed by atoms with Gasteiger partial charge in [-0.25, -0.2) is 0 Å². The Hall–Kier alpha value is -1.55. The first-order valence-electron chi connectivity index (χ1n) is 7.05. The molecule has 0 radical (unpaired) electrons. The molecule has 1 fully saturated rings. The molecule has 20 heavy (non-hydrogen) atoms. The molecule has 0 spiro atoms. The van der Waals surface area contributed by atoms with Gasteiger partial charge in [0, 0.05) is 12.6 Å². The van der Waals surface area contributed by atoms with Gasteiger partial charge in [-0.2, -0.15) is 0 Å². The third kappa shape index (κ3) is 4.23. The summed E-state index contributed by atoms with van der Waals surface area (Å²) in [5.41, 5.74) is 0.609. The molecule has 0 unspecified atom stereocenters. The van der Waals surface area contributed by atoms with Crippen molar-refractivity contribution in [3.63, 3.8) is 0 Å². The van der Waals surface area contributed by atoms with E-state index < -0.39 is 5.41 Å². The lowest BCUT2D eigenvalue weighted by molar-refractivity contribution is -0.152. The van der Waals surface area contributed by atoms with Crippen molar-refractivity contribution < 1.29 is 14.3 Å². The normalized spacial score (nSPS) is 14.9. The summed E-state index contributed by atoms with van der Waals surface area (Å²) in [4.78, 5) is 11.6. The van der Waals surface area contributed by atoms with Gasteiger partial charge >= 0.3 is 5.97 Å². The highest BCUT2D eigenvalue weighted by atomic mass is 16.5. The zero-order chi connectivity index (χ0) is 14.6. The Bertz CT molecular complexity index is 449. The Kier molecular flexibility index (Phi) is 4.65. The molecular weight excluding hydrogens is 254 g/mol. The standard InChI is InChI=1S/C16H23NO3/c1-16(2,15(18)19-3)11-20-14-8-4-12(5-9-14)10-17-13-6-7-13/h4-5,8-9,13,17H,6-7,10-11H2,1-3H3. The molecule has 1 N–H and O–H groups in total. The minimum absolute atomic E-state index is 0.261. The van der Waals surface area contributed by atoms with Crippen LogP contribution in [-0.4, -0.2) is 25.7 Å². The molecule has 2 rings (SSSR count). The van der Waals surface area contributed by atoms with Crippen LogP contribution in [0, 0.1) is 5.41 Å². The summed E-state index contributed by atoms with van der Waals surface area (Å²) in [7, 11) is 1.39. The van der Waals surface area contributed by atoms with E-state index in [1.165, 1.54) is 25.5 Å². The van der Waals surface area contributed by atoms with E-state index in [1.54, 1.807) is 0 Å². The number of carbonyl (C=O) groups excluding carboxylic acids is 1. The topological polar surface area (TPSA) is 47.6 Å². The molecule has 1 aliphatic rings. The van der Waals surface area contributed by atoms with E-state index in [-0.39, 0.29) is 5.97 Å². The van der Waals surface area contributed by atoms with Crippen molar-refractivity contribution in [2.45, 2.75) is 39.3 Å². The van der Waals surface area contributed by atoms with E-state index in [0.717, 1.165) is 12.3 Å². The van der Waals surface area contributed by atoms with Gasteiger partial charge in [-0.05, 0) is 44.4 Å². The van der Waals surface area contributed by atoms with Gasteiger partial charge in [0.15, 0.2) is 0 Å². The molecule has 1 aromatic carbocycles. The zero-order valence-corrected chi connectivity index (χ0v) is 12.4. The summed E-state index contributed by atoms with van der Waals surface area (Å²) < 4.78 is 10.4. The summed E-state index contributed by atoms with van der Waals surface area (Å²) in [6.07, 6.45) is 2.59. The summed E-state index contributed by atoms with van der Waals surface area (Å²) in [5.74, 6) is 0.514. The molecule has 0 bridgehead atoms. The van der Waals surface area contributed by atoms with Gasteiger partial charge in [-0.1, -0.05) is 12.1 Å². The van der Waals surface area contributed by atoms with E-state index in [2.05, 4.69) is 17.4 Å². The molecule has 1 aromatic rings. The van der Waals surface area contributed by atoms with E-state index in [1.807, 2.05) is 26.0 Å². The van der Waals surface area contributed by atoms with E-state index in [0.29, 0.717) is 12.6 Å². The van der Waals surface area contributed by atoms with Gasteiger partial charge in [0.1, 0.15) is 12.4 Å². The van der Waals surface area contributed by atoms with Crippen molar-refractivity contribution in [1.29, 1.82) is 0 Å². The van der Waals surface area contributed by atoms with Crippen LogP contribution in [0.15, 0.2) is 24.3 Å². The number of hydrogen-bond donors (Lipinski definition) is 1. The lowest BCUT2D eigenvalue weighted by atomic mass is 9.95. The highest BCUT2D eigenvalue weighted by Gasteiger charge is 2.29. The number of esters is 1. The second-order valence-corrected chi connectivity index (χ2v) is 5.96. The van der Waals surface area contributed by atoms with Gasteiger partial charge in [0.2, 0.25) is 0 Å². The zero-order valence-electron chi connectivity index (χ0n) is 12.4. The fourth-order valence-electron chi connectivity index (χ4n) is 1.85. The SMILES string of the molecule is COC(=O)C(C)(C)COc1ccc(CNC2CC2)cc1. The third-order valence-corrected chi connectivity index (χ3v) is 3.43. The van der Waals surface area contributed by atoms with Gasteiger partial charge < -0.3 is 14.8 Å². The van der Waals surface area contributed by atoms with Crippen molar-refractivity contribution in [2.75, 3.05) is 13.7 Å². The lowest BCUT2D eigenvalue weighted by Crippen LogP contribution is -2.32. The van der Waals surface area contributed by atoms with Crippen molar-refractivity contribution in [2.24, 2.45) is 5.41 Å². The van der Waals surface area contributed by atoms with Crippen LogP contribution in [0.1, 0.15) is 32.3 Å². The Balaban J connectivity index is 1.82. The fraction of sp³-hybridized carbons (Fsp3) is 0.562. The number of hydrogen-bond acceptors (Lipinski definition) is 4. The molecule has 4 nitrogen and oxygen atoms in total. The lowest BCUT2D eigenvalue weighted by Gasteiger charge is -2.21. The minimum Gasteiger partial charge on any atom is -0.492 e. The number of benzene rings is 1. The Labute approximate surface area is 120 Å². The summed E-state index contributed by atoms with van der Waals surface area (Å²) in [6, 6.07) is 8.70. The second kappa shape index (κ2) is 6.27. The van der Waals surface area contributed by atoms with Crippen LogP contribution in [0.4, 0.5) is 0 Å². The summed E-state index contributed by atoms with van der Waals surface area (Å²) >= 11 is 0. The molecule has 0 atom stereocenters. The Morgan fingerprint density at radius 1 is 1.30 bits per heavy atom. The predicted octanol–water partition coefficient (Wildman–Crippen LogP) is 2.52. The maximum absolute atomic E-state index is 11.6. The average Bonchev–Trinajstić information content (AvgIpc) is 3.27. The summed E-state index contributed by atoms with van der Waals surface area (Å²) in [5, 5.41) is 3.47. The molecule has 1 aliphatic carbocycles. The van der Waals surface area contributed by atoms with Crippen LogP contribution in [0.2, 0.25) is 0 Å². The van der Waals surface area contributed by atoms with Crippen LogP contribution in [-0.2, 0) is 16.1 Å². The first kappa shape index (κ1) is 14.9. The fourth-order valence-corrected chi connectivity index (χ4v) is 1.85. The average molecular weight is 277 g/mol. The third-order valence-electron chi connectivity index (χ3n) is 3.43. The van der Waals surface area contributed by atoms with Gasteiger partial charge in [-0.15, -0.1) is 0 Å². The number of nitrogens with one attached hydrogen (secondary N) is 1. The van der Waals surface area contributed by atoms with E-state index in [9.17, 15) is 4.79 Å². The van der Waals surface area contributed by atoms with Crippen LogP contribution in [0.25, 0.3) is 0 Å². The monoisotopic (exact) mass is 277 g/mol. The molecule has 4 heteroatoms. The van der Waals surface area contributed by atoms with Crippen molar-refractivity contribution in [1.82, 2.24) is 5.32 Å². The number of carbonyl (C=O) groups is 1. The molecule has 0 aliphatic heterocycles. The number of methoxy groups -OCH3 is 1. The number of ether oxygens (including phenoxy) is 2. The van der Waals surface area contributed by atoms with Gasteiger partial charge in [-0.3, -0.25) is 4.79 Å². The van der Waals surface area contributed by atoms with Gasteiger partial charge in [0.05, 0.1) is 12.5 Å². The minimum atomic E-state index is -0.638. The molecule has 1 saturated carbocycles. The quantitative estimate of drug-likeness (QED) is 0.778. The largest absolute Gasteiger partial charge is 0.492 e. The molecule has 0 aromatic heterocycles. The van der Waals surface area contributed by atoms with Crippen molar-refractivity contribution in [3.05, 3.63) is 29.8 Å². The first-order valence-corrected chi connectivity index (χ1v) is 7.05. The van der Waals surface area contributed by atoms with E-state index in [4.69, 9.17) is 9.47 Å². The first-order chi connectivity index (χ1) is 9.51. The highest BCUT2D eigenvalue weighted by Crippen LogP contribution is 2.22. The Morgan fingerprint density at radius 3 is 2.50 bits per heavy atom. The maximum Gasteiger partial charge on any atom is 0.314 e. The molecule has 0 heterocycles. The molecule has 110 valence electrons.